The predicted octanol–water partition coefficient (Wildman–Crippen LogP) is 5.62. The smallest absolute Gasteiger partial charge is 0.0702 e. The van der Waals surface area contributed by atoms with Crippen molar-refractivity contribution in [3.05, 3.63) is 74.0 Å². The molecule has 0 aliphatic rings. The van der Waals surface area contributed by atoms with Crippen LogP contribution in [0, 0.1) is 7.14 Å². The number of aromatic nitrogens is 1. The molecule has 1 heterocycles. The Morgan fingerprint density at radius 2 is 1.30 bits per heavy atom. The van der Waals surface area contributed by atoms with E-state index in [0.29, 0.717) is 0 Å². The van der Waals surface area contributed by atoms with Crippen molar-refractivity contribution in [2.45, 2.75) is 0 Å². The molecule has 0 N–H and O–H groups in total. The minimum Gasteiger partial charge on any atom is -0.256 e. The summed E-state index contributed by atoms with van der Waals surface area (Å²) in [7, 11) is 0. The Bertz CT molecular complexity index is 671. The van der Waals surface area contributed by atoms with Crippen molar-refractivity contribution in [2.24, 2.45) is 0 Å². The molecule has 0 amide bonds. The van der Waals surface area contributed by atoms with E-state index in [2.05, 4.69) is 111 Å². The van der Waals surface area contributed by atoms with E-state index in [9.17, 15) is 0 Å². The maximum Gasteiger partial charge on any atom is 0.0702 e. The summed E-state index contributed by atoms with van der Waals surface area (Å²) >= 11 is 4.65. The van der Waals surface area contributed by atoms with E-state index in [0.717, 1.165) is 16.8 Å². The molecule has 3 heteroatoms. The Hall–Kier alpha value is -0.950. The van der Waals surface area contributed by atoms with Crippen LogP contribution < -0.4 is 0 Å². The van der Waals surface area contributed by atoms with Gasteiger partial charge >= 0.3 is 0 Å². The molecule has 20 heavy (non-hydrogen) atoms. The summed E-state index contributed by atoms with van der Waals surface area (Å²) in [6.07, 6.45) is 1.95. The average Bonchev–Trinajstić information content (AvgIpc) is 2.47. The van der Waals surface area contributed by atoms with Crippen LogP contribution in [0.15, 0.2) is 66.9 Å². The molecule has 98 valence electrons. The third kappa shape index (κ3) is 3.20. The number of halogens is 2. The molecule has 1 aromatic heterocycles. The molecular weight excluding hydrogens is 472 g/mol. The molecule has 0 saturated carbocycles. The second-order valence-electron chi connectivity index (χ2n) is 4.45. The fraction of sp³-hybridized carbons (Fsp3) is 0. The Balaban J connectivity index is 1.96. The summed E-state index contributed by atoms with van der Waals surface area (Å²) < 4.78 is 2.46. The van der Waals surface area contributed by atoms with Gasteiger partial charge in [0.05, 0.1) is 5.69 Å². The first-order chi connectivity index (χ1) is 9.72. The highest BCUT2D eigenvalue weighted by Gasteiger charge is 2.02. The second-order valence-corrected chi connectivity index (χ2v) is 6.94. The Labute approximate surface area is 145 Å². The fourth-order valence-corrected chi connectivity index (χ4v) is 3.14. The molecule has 1 nitrogen and oxygen atoms in total. The van der Waals surface area contributed by atoms with Gasteiger partial charge in [0.2, 0.25) is 0 Å². The SMILES string of the molecule is Ic1cccc(-c2ccc(-c3cccc(I)c3)nc2)c1. The van der Waals surface area contributed by atoms with Crippen molar-refractivity contribution in [3.8, 4) is 22.4 Å². The van der Waals surface area contributed by atoms with Gasteiger partial charge in [0.25, 0.3) is 0 Å². The summed E-state index contributed by atoms with van der Waals surface area (Å²) in [5.74, 6) is 0. The second kappa shape index (κ2) is 6.22. The zero-order valence-electron chi connectivity index (χ0n) is 10.6. The topological polar surface area (TPSA) is 12.9 Å². The van der Waals surface area contributed by atoms with E-state index in [4.69, 9.17) is 0 Å². The molecule has 3 aromatic rings. The zero-order chi connectivity index (χ0) is 13.9. The third-order valence-electron chi connectivity index (χ3n) is 3.04. The van der Waals surface area contributed by atoms with E-state index >= 15 is 0 Å². The van der Waals surface area contributed by atoms with Crippen molar-refractivity contribution in [3.63, 3.8) is 0 Å². The first kappa shape index (κ1) is 14.0. The Morgan fingerprint density at radius 1 is 0.650 bits per heavy atom. The molecule has 0 atom stereocenters. The van der Waals surface area contributed by atoms with E-state index in [1.165, 1.54) is 12.7 Å². The van der Waals surface area contributed by atoms with Crippen LogP contribution in [0.3, 0.4) is 0 Å². The third-order valence-corrected chi connectivity index (χ3v) is 4.38. The summed E-state index contributed by atoms with van der Waals surface area (Å²) in [6.45, 7) is 0. The van der Waals surface area contributed by atoms with Crippen LogP contribution in [-0.2, 0) is 0 Å². The normalized spacial score (nSPS) is 10.5. The monoisotopic (exact) mass is 483 g/mol. The van der Waals surface area contributed by atoms with E-state index < -0.39 is 0 Å². The highest BCUT2D eigenvalue weighted by molar-refractivity contribution is 14.1. The summed E-state index contributed by atoms with van der Waals surface area (Å²) in [6, 6.07) is 21.1. The zero-order valence-corrected chi connectivity index (χ0v) is 14.9. The predicted molar refractivity (Wildman–Crippen MR) is 101 cm³/mol. The quantitative estimate of drug-likeness (QED) is 0.432. The standard InChI is InChI=1S/C17H11I2N/c18-15-5-1-3-12(9-15)14-7-8-17(20-11-14)13-4-2-6-16(19)10-13/h1-11H. The number of benzene rings is 2. The van der Waals surface area contributed by atoms with Gasteiger partial charge in [-0.1, -0.05) is 30.3 Å². The van der Waals surface area contributed by atoms with Crippen LogP contribution in [0.25, 0.3) is 22.4 Å². The van der Waals surface area contributed by atoms with E-state index in [1.807, 2.05) is 6.20 Å². The van der Waals surface area contributed by atoms with Crippen LogP contribution in [0.5, 0.6) is 0 Å². The lowest BCUT2D eigenvalue weighted by molar-refractivity contribution is 1.32. The maximum absolute atomic E-state index is 4.59. The average molecular weight is 483 g/mol. The van der Waals surface area contributed by atoms with Gasteiger partial charge in [-0.25, -0.2) is 0 Å². The Kier molecular flexibility index (Phi) is 4.35. The molecule has 0 fully saturated rings. The molecule has 0 spiro atoms. The first-order valence-corrected chi connectivity index (χ1v) is 8.36. The van der Waals surface area contributed by atoms with E-state index in [1.54, 1.807) is 0 Å². The minimum absolute atomic E-state index is 1.01. The molecule has 0 bridgehead atoms. The van der Waals surface area contributed by atoms with Crippen molar-refractivity contribution >= 4 is 45.2 Å². The van der Waals surface area contributed by atoms with Crippen molar-refractivity contribution < 1.29 is 0 Å². The maximum atomic E-state index is 4.59. The lowest BCUT2D eigenvalue weighted by atomic mass is 10.1. The summed E-state index contributed by atoms with van der Waals surface area (Å²) in [5, 5.41) is 0. The molecule has 0 unspecified atom stereocenters. The molecule has 3 rings (SSSR count). The minimum atomic E-state index is 1.01. The van der Waals surface area contributed by atoms with Crippen LogP contribution in [-0.4, -0.2) is 4.98 Å². The van der Waals surface area contributed by atoms with Crippen LogP contribution >= 0.6 is 45.2 Å². The van der Waals surface area contributed by atoms with Crippen molar-refractivity contribution in [1.82, 2.24) is 4.98 Å². The van der Waals surface area contributed by atoms with Crippen molar-refractivity contribution in [1.29, 1.82) is 0 Å². The first-order valence-electron chi connectivity index (χ1n) is 6.20. The van der Waals surface area contributed by atoms with Crippen molar-refractivity contribution in [2.75, 3.05) is 0 Å². The number of hydrogen-bond donors (Lipinski definition) is 0. The number of rotatable bonds is 2. The summed E-state index contributed by atoms with van der Waals surface area (Å²) in [4.78, 5) is 4.59. The van der Waals surface area contributed by atoms with Crippen LogP contribution in [0.4, 0.5) is 0 Å². The molecule has 0 aliphatic heterocycles. The van der Waals surface area contributed by atoms with Gasteiger partial charge in [-0.2, -0.15) is 0 Å². The van der Waals surface area contributed by atoms with Gasteiger partial charge in [-0.15, -0.1) is 0 Å². The number of hydrogen-bond acceptors (Lipinski definition) is 1. The van der Waals surface area contributed by atoms with Crippen LogP contribution in [0.2, 0.25) is 0 Å². The molecule has 0 saturated heterocycles. The molecule has 0 radical (unpaired) electrons. The lowest BCUT2D eigenvalue weighted by Crippen LogP contribution is -1.86. The largest absolute Gasteiger partial charge is 0.256 e. The molecule has 2 aromatic carbocycles. The number of nitrogens with zero attached hydrogens (tertiary/aromatic N) is 1. The van der Waals surface area contributed by atoms with Crippen LogP contribution in [0.1, 0.15) is 0 Å². The highest BCUT2D eigenvalue weighted by Crippen LogP contribution is 2.24. The van der Waals surface area contributed by atoms with Gasteiger partial charge in [0.1, 0.15) is 0 Å². The lowest BCUT2D eigenvalue weighted by Gasteiger charge is -2.05. The Morgan fingerprint density at radius 3 is 1.90 bits per heavy atom. The van der Waals surface area contributed by atoms with Gasteiger partial charge in [0, 0.05) is 24.5 Å². The van der Waals surface area contributed by atoms with E-state index in [-0.39, 0.29) is 0 Å². The molecule has 0 aliphatic carbocycles. The summed E-state index contributed by atoms with van der Waals surface area (Å²) in [5.41, 5.74) is 4.53. The fourth-order valence-electron chi connectivity index (χ4n) is 2.05. The van der Waals surface area contributed by atoms with Gasteiger partial charge in [-0.05, 0) is 81.1 Å². The van der Waals surface area contributed by atoms with Gasteiger partial charge in [-0.3, -0.25) is 4.98 Å². The number of pyridine rings is 1. The molecular formula is C17H11I2N. The van der Waals surface area contributed by atoms with Gasteiger partial charge < -0.3 is 0 Å². The van der Waals surface area contributed by atoms with Gasteiger partial charge in [0.15, 0.2) is 0 Å². The highest BCUT2D eigenvalue weighted by atomic mass is 127.